The summed E-state index contributed by atoms with van der Waals surface area (Å²) in [6.45, 7) is 6.11. The van der Waals surface area contributed by atoms with Crippen LogP contribution >= 0.6 is 11.6 Å². The van der Waals surface area contributed by atoms with Crippen LogP contribution in [-0.2, 0) is 14.1 Å². The van der Waals surface area contributed by atoms with Crippen molar-refractivity contribution in [2.45, 2.75) is 38.8 Å². The molecule has 1 aliphatic rings. The number of pyridine rings is 3. The van der Waals surface area contributed by atoms with E-state index in [0.29, 0.717) is 16.2 Å². The topological polar surface area (TPSA) is 90.0 Å². The SMILES string of the molecule is Cc1cc(C(C)Nc2ccc(Cl)nc2-c2ccc(=O)n(C)c2)c2c(c1)c(=O)n(C)c1c2cnn1C1CCN(C)CC1. The molecule has 5 aromatic rings. The highest BCUT2D eigenvalue weighted by atomic mass is 35.5. The summed E-state index contributed by atoms with van der Waals surface area (Å²) in [6.07, 6.45) is 5.66. The number of fused-ring (bicyclic) bond motifs is 3. The Morgan fingerprint density at radius 2 is 1.78 bits per heavy atom. The molecule has 1 aliphatic heterocycles. The molecule has 0 amide bonds. The number of nitrogens with one attached hydrogen (secondary N) is 1. The summed E-state index contributed by atoms with van der Waals surface area (Å²) in [4.78, 5) is 32.7. The summed E-state index contributed by atoms with van der Waals surface area (Å²) < 4.78 is 5.34. The number of nitrogens with zero attached hydrogens (tertiary/aromatic N) is 6. The van der Waals surface area contributed by atoms with Crippen molar-refractivity contribution in [2.24, 2.45) is 14.1 Å². The maximum Gasteiger partial charge on any atom is 0.259 e. The number of aromatic nitrogens is 5. The Hall–Kier alpha value is -3.95. The van der Waals surface area contributed by atoms with Crippen LogP contribution in [0.25, 0.3) is 33.1 Å². The van der Waals surface area contributed by atoms with Crippen LogP contribution in [0.15, 0.2) is 58.4 Å². The van der Waals surface area contributed by atoms with Gasteiger partial charge in [-0.05, 0) is 82.2 Å². The molecule has 1 atom stereocenters. The van der Waals surface area contributed by atoms with E-state index in [0.717, 1.165) is 64.7 Å². The predicted molar refractivity (Wildman–Crippen MR) is 165 cm³/mol. The fourth-order valence-corrected chi connectivity index (χ4v) is 6.24. The third-order valence-corrected chi connectivity index (χ3v) is 8.51. The van der Waals surface area contributed by atoms with E-state index in [1.807, 2.05) is 32.3 Å². The van der Waals surface area contributed by atoms with E-state index in [4.69, 9.17) is 16.7 Å². The number of aryl methyl sites for hydroxylation is 3. The first-order valence-electron chi connectivity index (χ1n) is 13.9. The Balaban J connectivity index is 1.49. The molecule has 1 aromatic carbocycles. The van der Waals surface area contributed by atoms with Crippen LogP contribution in [-0.4, -0.2) is 48.9 Å². The van der Waals surface area contributed by atoms with Gasteiger partial charge in [-0.2, -0.15) is 5.10 Å². The summed E-state index contributed by atoms with van der Waals surface area (Å²) in [7, 11) is 5.70. The van der Waals surface area contributed by atoms with E-state index in [9.17, 15) is 9.59 Å². The van der Waals surface area contributed by atoms with Crippen molar-refractivity contribution in [3.63, 3.8) is 0 Å². The van der Waals surface area contributed by atoms with E-state index in [1.54, 1.807) is 29.9 Å². The van der Waals surface area contributed by atoms with Crippen LogP contribution in [0.4, 0.5) is 5.69 Å². The molecule has 4 aromatic heterocycles. The first kappa shape index (κ1) is 27.2. The zero-order valence-corrected chi connectivity index (χ0v) is 24.7. The third-order valence-electron chi connectivity index (χ3n) is 8.30. The Morgan fingerprint density at radius 3 is 2.51 bits per heavy atom. The van der Waals surface area contributed by atoms with Gasteiger partial charge in [0.15, 0.2) is 0 Å². The highest BCUT2D eigenvalue weighted by molar-refractivity contribution is 6.29. The minimum Gasteiger partial charge on any atom is -0.377 e. The number of benzene rings is 1. The van der Waals surface area contributed by atoms with Crippen molar-refractivity contribution in [3.05, 3.63) is 85.8 Å². The largest absolute Gasteiger partial charge is 0.377 e. The first-order valence-corrected chi connectivity index (χ1v) is 14.3. The lowest BCUT2D eigenvalue weighted by molar-refractivity contribution is 0.214. The summed E-state index contributed by atoms with van der Waals surface area (Å²) in [5.74, 6) is 0. The standard InChI is InChI=1S/C31H34ClN7O2/c1-18-14-22(19(2)34-25-7-8-26(32)35-29(25)20-6-9-27(40)37(4)17-20)28-23(15-18)31(41)38(5)30-24(28)16-33-39(30)21-10-12-36(3)13-11-21/h6-9,14-17,19,21,34H,10-13H2,1-5H3. The normalized spacial score (nSPS) is 15.6. The van der Waals surface area contributed by atoms with Gasteiger partial charge in [0.25, 0.3) is 5.56 Å². The summed E-state index contributed by atoms with van der Waals surface area (Å²) in [5, 5.41) is 11.4. The lowest BCUT2D eigenvalue weighted by Gasteiger charge is -2.29. The Bertz CT molecular complexity index is 1910. The van der Waals surface area contributed by atoms with Crippen molar-refractivity contribution < 1.29 is 0 Å². The molecule has 41 heavy (non-hydrogen) atoms. The molecule has 6 rings (SSSR count). The highest BCUT2D eigenvalue weighted by Crippen LogP contribution is 2.36. The van der Waals surface area contributed by atoms with Crippen molar-refractivity contribution in [2.75, 3.05) is 25.5 Å². The van der Waals surface area contributed by atoms with Crippen LogP contribution in [0.3, 0.4) is 0 Å². The number of hydrogen-bond acceptors (Lipinski definition) is 6. The van der Waals surface area contributed by atoms with E-state index < -0.39 is 0 Å². The molecule has 212 valence electrons. The number of anilines is 1. The van der Waals surface area contributed by atoms with Crippen LogP contribution < -0.4 is 16.4 Å². The van der Waals surface area contributed by atoms with Gasteiger partial charge in [0, 0.05) is 54.1 Å². The van der Waals surface area contributed by atoms with Crippen LogP contribution in [0.1, 0.15) is 43.0 Å². The van der Waals surface area contributed by atoms with Gasteiger partial charge in [-0.25, -0.2) is 9.67 Å². The molecule has 0 aliphatic carbocycles. The van der Waals surface area contributed by atoms with E-state index in [-0.39, 0.29) is 23.2 Å². The fourth-order valence-electron chi connectivity index (χ4n) is 6.09. The average Bonchev–Trinajstić information content (AvgIpc) is 3.39. The van der Waals surface area contributed by atoms with E-state index >= 15 is 0 Å². The molecule has 9 nitrogen and oxygen atoms in total. The lowest BCUT2D eigenvalue weighted by atomic mass is 9.95. The summed E-state index contributed by atoms with van der Waals surface area (Å²) in [5.41, 5.74) is 4.93. The van der Waals surface area contributed by atoms with Gasteiger partial charge in [-0.15, -0.1) is 0 Å². The summed E-state index contributed by atoms with van der Waals surface area (Å²) >= 11 is 6.31. The first-order chi connectivity index (χ1) is 19.6. The van der Waals surface area contributed by atoms with Gasteiger partial charge in [-0.1, -0.05) is 17.7 Å². The maximum atomic E-state index is 13.8. The van der Waals surface area contributed by atoms with Crippen LogP contribution in [0.2, 0.25) is 5.15 Å². The average molecular weight is 572 g/mol. The molecular formula is C31H34ClN7O2. The van der Waals surface area contributed by atoms with Crippen LogP contribution in [0.5, 0.6) is 0 Å². The Kier molecular flexibility index (Phi) is 6.95. The lowest BCUT2D eigenvalue weighted by Crippen LogP contribution is -2.32. The molecule has 1 fully saturated rings. The monoisotopic (exact) mass is 571 g/mol. The van der Waals surface area contributed by atoms with Crippen molar-refractivity contribution in [1.82, 2.24) is 28.8 Å². The molecular weight excluding hydrogens is 538 g/mol. The number of piperidine rings is 1. The van der Waals surface area contributed by atoms with Gasteiger partial charge in [0.2, 0.25) is 5.56 Å². The quantitative estimate of drug-likeness (QED) is 0.297. The molecule has 1 N–H and O–H groups in total. The van der Waals surface area contributed by atoms with Crippen molar-refractivity contribution >= 4 is 39.1 Å². The number of rotatable bonds is 5. The van der Waals surface area contributed by atoms with Gasteiger partial charge < -0.3 is 14.8 Å². The maximum absolute atomic E-state index is 13.8. The predicted octanol–water partition coefficient (Wildman–Crippen LogP) is 5.05. The second kappa shape index (κ2) is 10.5. The van der Waals surface area contributed by atoms with E-state index in [1.165, 1.54) is 10.6 Å². The minimum atomic E-state index is -0.186. The van der Waals surface area contributed by atoms with Gasteiger partial charge in [0.1, 0.15) is 10.8 Å². The van der Waals surface area contributed by atoms with Crippen molar-refractivity contribution in [1.29, 1.82) is 0 Å². The number of halogens is 1. The molecule has 0 spiro atoms. The number of likely N-dealkylation sites (tertiary alicyclic amines) is 1. The number of hydrogen-bond donors (Lipinski definition) is 1. The molecule has 0 radical (unpaired) electrons. The van der Waals surface area contributed by atoms with Crippen LogP contribution in [0, 0.1) is 6.92 Å². The zero-order valence-electron chi connectivity index (χ0n) is 24.0. The Labute approximate surface area is 243 Å². The molecule has 0 bridgehead atoms. The fraction of sp³-hybridized carbons (Fsp3) is 0.355. The third kappa shape index (κ3) is 4.83. The van der Waals surface area contributed by atoms with Crippen molar-refractivity contribution in [3.8, 4) is 11.3 Å². The second-order valence-corrected chi connectivity index (χ2v) is 11.7. The summed E-state index contributed by atoms with van der Waals surface area (Å²) in [6, 6.07) is 11.1. The zero-order chi connectivity index (χ0) is 29.0. The minimum absolute atomic E-state index is 0.0293. The highest BCUT2D eigenvalue weighted by Gasteiger charge is 2.25. The van der Waals surface area contributed by atoms with Gasteiger partial charge in [-0.3, -0.25) is 14.2 Å². The molecule has 1 unspecified atom stereocenters. The smallest absolute Gasteiger partial charge is 0.259 e. The molecule has 0 saturated carbocycles. The van der Waals surface area contributed by atoms with Gasteiger partial charge >= 0.3 is 0 Å². The van der Waals surface area contributed by atoms with E-state index in [2.05, 4.69) is 39.9 Å². The van der Waals surface area contributed by atoms with Gasteiger partial charge in [0.05, 0.1) is 23.6 Å². The second-order valence-electron chi connectivity index (χ2n) is 11.3. The molecule has 1 saturated heterocycles. The Morgan fingerprint density at radius 1 is 1.02 bits per heavy atom. The molecule has 10 heteroatoms. The molecule has 5 heterocycles.